The monoisotopic (exact) mass is 1700 g/mol. The van der Waals surface area contributed by atoms with E-state index < -0.39 is 0 Å². The minimum atomic E-state index is -0.183. The molecule has 0 radical (unpaired) electrons. The van der Waals surface area contributed by atoms with Crippen LogP contribution in [-0.2, 0) is 38.5 Å². The van der Waals surface area contributed by atoms with E-state index in [0.29, 0.717) is 34.2 Å². The van der Waals surface area contributed by atoms with Gasteiger partial charge in [-0.05, 0) is 226 Å². The Morgan fingerprint density at radius 1 is 0.298 bits per heavy atom. The zero-order valence-corrected chi connectivity index (χ0v) is 82.3. The minimum absolute atomic E-state index is 0.0103. The zero-order chi connectivity index (χ0) is 93.2. The molecule has 0 saturated carbocycles. The highest BCUT2D eigenvalue weighted by Crippen LogP contribution is 2.31. The summed E-state index contributed by atoms with van der Waals surface area (Å²) in [6.07, 6.45) is 14.4. The molecule has 0 aromatic carbocycles. The number of nitrogens with zero attached hydrogens (tertiary/aromatic N) is 12. The predicted molar refractivity (Wildman–Crippen MR) is 484 cm³/mol. The van der Waals surface area contributed by atoms with Crippen LogP contribution < -0.4 is 31.9 Å². The summed E-state index contributed by atoms with van der Waals surface area (Å²) < 4.78 is 30.8. The molecular formula is C91H164N18O12. The molecule has 0 aliphatic heterocycles. The summed E-state index contributed by atoms with van der Waals surface area (Å²) in [4.78, 5) is 86.8. The van der Waals surface area contributed by atoms with Crippen molar-refractivity contribution in [3.05, 3.63) is 104 Å². The summed E-state index contributed by atoms with van der Waals surface area (Å²) in [5, 5.41) is 41.5. The first-order valence-corrected chi connectivity index (χ1v) is 44.1. The molecule has 121 heavy (non-hydrogen) atoms. The van der Waals surface area contributed by atoms with Gasteiger partial charge in [0.1, 0.15) is 34.6 Å². The van der Waals surface area contributed by atoms with Gasteiger partial charge in [0.2, 0.25) is 0 Å². The summed E-state index contributed by atoms with van der Waals surface area (Å²) in [5.41, 5.74) is 4.30. The standard InChI is InChI=1S/2C16H29N3O2.3C15H27N3O2.C14H25N3O2/c1-8-10-16(5,19(6)7)12(4)17-15(20)14-11(3)13(9-2)21-18-14;1-8-13-11(4)14(18-21-13)15(20)17-12(5)16(9-2,10-3)19(6)7;1-8-12-10(3)13(17-20-12)14(19)16-11(4)15(5,9-2)18(6)7;1-7-9-15(4,18(5)6)11(3)16-14(19)13-10-12(8-2)20-17-13;1-7-12-10-13(17-20-12)14(19)16-11(4)15(8-2,9-3)18(5)6;1-7-11-9-12(16-19-11)13(18)15-10(3)14(4,8-2)17(5)6/h2*12H,8-10H2,1-7H3,(H,17,20);11H,8-9H2,1-7H3,(H,16,19);2*10-11H,7-9H2,1-6H3,(H,16,19);9-10H,7-8H2,1-6H3,(H,15,18). The Bertz CT molecular complexity index is 4040. The maximum atomic E-state index is 12.5. The molecule has 6 rings (SSSR count). The number of hydrogen-bond donors (Lipinski definition) is 6. The molecule has 690 valence electrons. The fraction of sp³-hybridized carbons (Fsp3) is 0.736. The third-order valence-corrected chi connectivity index (χ3v) is 26.8. The molecule has 0 aliphatic rings. The Kier molecular flexibility index (Phi) is 46.9. The molecule has 0 spiro atoms. The average molecular weight is 1700 g/mol. The fourth-order valence-electron chi connectivity index (χ4n) is 15.4. The van der Waals surface area contributed by atoms with Crippen LogP contribution in [0.4, 0.5) is 0 Å². The van der Waals surface area contributed by atoms with Crippen molar-refractivity contribution in [2.75, 3.05) is 84.6 Å². The molecule has 30 heteroatoms. The summed E-state index contributed by atoms with van der Waals surface area (Å²) in [7, 11) is 24.5. The van der Waals surface area contributed by atoms with E-state index in [1.165, 1.54) is 0 Å². The van der Waals surface area contributed by atoms with Gasteiger partial charge >= 0.3 is 0 Å². The normalized spacial score (nSPS) is 15.1. The van der Waals surface area contributed by atoms with Gasteiger partial charge in [-0.1, -0.05) is 141 Å². The van der Waals surface area contributed by atoms with Gasteiger partial charge in [0.15, 0.2) is 34.2 Å². The third kappa shape index (κ3) is 29.0. The lowest BCUT2D eigenvalue weighted by Gasteiger charge is -2.43. The van der Waals surface area contributed by atoms with E-state index in [2.05, 4.69) is 225 Å². The molecule has 6 heterocycles. The summed E-state index contributed by atoms with van der Waals surface area (Å²) >= 11 is 0. The van der Waals surface area contributed by atoms with Gasteiger partial charge in [-0.2, -0.15) is 0 Å². The second-order valence-electron chi connectivity index (χ2n) is 34.2. The lowest BCUT2D eigenvalue weighted by atomic mass is 9.84. The van der Waals surface area contributed by atoms with Crippen LogP contribution in [0.15, 0.2) is 45.3 Å². The van der Waals surface area contributed by atoms with Crippen molar-refractivity contribution in [2.24, 2.45) is 0 Å². The van der Waals surface area contributed by atoms with Crippen molar-refractivity contribution in [3.8, 4) is 0 Å². The number of likely N-dealkylation sites (N-methyl/N-ethyl adjacent to an activating group) is 6. The Hall–Kier alpha value is -8.16. The molecule has 0 aliphatic carbocycles. The number of carbonyl (C=O) groups is 6. The van der Waals surface area contributed by atoms with E-state index in [1.54, 1.807) is 18.2 Å². The van der Waals surface area contributed by atoms with Crippen molar-refractivity contribution >= 4 is 35.4 Å². The molecule has 0 saturated heterocycles. The topological polar surface area (TPSA) is 350 Å². The predicted octanol–water partition coefficient (Wildman–Crippen LogP) is 15.0. The van der Waals surface area contributed by atoms with Crippen LogP contribution in [0.25, 0.3) is 0 Å². The maximum Gasteiger partial charge on any atom is 0.274 e. The highest BCUT2D eigenvalue weighted by atomic mass is 16.5. The van der Waals surface area contributed by atoms with Crippen molar-refractivity contribution in [2.45, 2.75) is 359 Å². The molecule has 6 amide bonds. The molecule has 0 fully saturated rings. The number of rotatable bonds is 40. The Labute approximate surface area is 727 Å². The number of hydrogen-bond acceptors (Lipinski definition) is 24. The van der Waals surface area contributed by atoms with Gasteiger partial charge in [0.05, 0.1) is 0 Å². The smallest absolute Gasteiger partial charge is 0.274 e. The minimum Gasteiger partial charge on any atom is -0.361 e. The first-order chi connectivity index (χ1) is 56.5. The van der Waals surface area contributed by atoms with Crippen molar-refractivity contribution in [1.29, 1.82) is 0 Å². The quantitative estimate of drug-likeness (QED) is 0.0208. The van der Waals surface area contributed by atoms with Crippen LogP contribution in [0, 0.1) is 20.8 Å². The van der Waals surface area contributed by atoms with Crippen LogP contribution in [0.1, 0.15) is 345 Å². The van der Waals surface area contributed by atoms with Gasteiger partial charge in [-0.25, -0.2) is 0 Å². The number of carbonyl (C=O) groups excluding carboxylic acids is 6. The van der Waals surface area contributed by atoms with Crippen molar-refractivity contribution in [3.63, 3.8) is 0 Å². The van der Waals surface area contributed by atoms with Crippen LogP contribution in [0.3, 0.4) is 0 Å². The lowest BCUT2D eigenvalue weighted by Crippen LogP contribution is -2.58. The van der Waals surface area contributed by atoms with E-state index in [9.17, 15) is 28.8 Å². The van der Waals surface area contributed by atoms with Crippen LogP contribution >= 0.6 is 0 Å². The average Bonchev–Trinajstić information content (AvgIpc) is 1.68. The number of amides is 6. The number of nitrogens with one attached hydrogen (secondary N) is 6. The number of aryl methyl sites for hydroxylation is 6. The SMILES string of the molecule is CCCC(C)(C(C)NC(=O)c1cc(CC)on1)N(C)C.CCCC(C)(C(C)NC(=O)c1noc(CC)c1C)N(C)C.CCc1cc(C(=O)NC(C)C(C)(CC)N(C)C)no1.CCc1cc(C(=O)NC(C)C(CC)(CC)N(C)C)no1.CCc1onc(C(=O)NC(C)C(C)(CC)N(C)C)c1C.CCc1onc(C(=O)NC(C)C(CC)(CC)N(C)C)c1C. The molecule has 0 bridgehead atoms. The fourth-order valence-corrected chi connectivity index (χ4v) is 15.4. The lowest BCUT2D eigenvalue weighted by molar-refractivity contribution is 0.0734. The molecule has 6 aromatic rings. The first kappa shape index (κ1) is 111. The first-order valence-electron chi connectivity index (χ1n) is 44.1. The van der Waals surface area contributed by atoms with Crippen LogP contribution in [0.2, 0.25) is 0 Å². The molecular weight excluding hydrogens is 1540 g/mol. The third-order valence-electron chi connectivity index (χ3n) is 26.8. The van der Waals surface area contributed by atoms with E-state index in [1.807, 2.05) is 139 Å². The van der Waals surface area contributed by atoms with Crippen LogP contribution in [-0.4, -0.2) is 250 Å². The Balaban J connectivity index is 0.000000726. The zero-order valence-electron chi connectivity index (χ0n) is 82.3. The van der Waals surface area contributed by atoms with E-state index >= 15 is 0 Å². The van der Waals surface area contributed by atoms with Crippen molar-refractivity contribution < 1.29 is 55.9 Å². The van der Waals surface area contributed by atoms with Gasteiger partial charge < -0.3 is 88.4 Å². The highest BCUT2D eigenvalue weighted by Gasteiger charge is 2.41. The largest absolute Gasteiger partial charge is 0.361 e. The molecule has 6 aromatic heterocycles. The summed E-state index contributed by atoms with van der Waals surface area (Å²) in [6, 6.07) is 5.22. The molecule has 10 unspecified atom stereocenters. The summed E-state index contributed by atoms with van der Waals surface area (Å²) in [5.74, 6) is 3.49. The Morgan fingerprint density at radius 2 is 0.512 bits per heavy atom. The summed E-state index contributed by atoms with van der Waals surface area (Å²) in [6.45, 7) is 55.5. The van der Waals surface area contributed by atoms with Crippen molar-refractivity contribution in [1.82, 2.24) is 92.2 Å². The molecule has 6 N–H and O–H groups in total. The van der Waals surface area contributed by atoms with Gasteiger partial charge in [-0.3, -0.25) is 28.8 Å². The number of aromatic nitrogens is 6. The van der Waals surface area contributed by atoms with Gasteiger partial charge in [-0.15, -0.1) is 0 Å². The highest BCUT2D eigenvalue weighted by molar-refractivity contribution is 5.96. The van der Waals surface area contributed by atoms with Crippen LogP contribution in [0.5, 0.6) is 0 Å². The van der Waals surface area contributed by atoms with Gasteiger partial charge in [0, 0.05) is 143 Å². The maximum absolute atomic E-state index is 12.5. The van der Waals surface area contributed by atoms with E-state index in [4.69, 9.17) is 27.1 Å². The van der Waals surface area contributed by atoms with Gasteiger partial charge in [0.25, 0.3) is 35.4 Å². The molecule has 10 atom stereocenters. The van der Waals surface area contributed by atoms with E-state index in [0.717, 1.165) is 154 Å². The second-order valence-corrected chi connectivity index (χ2v) is 34.2. The second kappa shape index (κ2) is 51.2. The van der Waals surface area contributed by atoms with E-state index in [-0.39, 0.29) is 105 Å². The molecule has 30 nitrogen and oxygen atoms in total. The Morgan fingerprint density at radius 3 is 0.686 bits per heavy atom.